The standard InChI is InChI=1S/C23H26ClN5O5/c1-33-17-8-7-16(11-18(17)34-2)27-19(30)13-28-21-20(25-9-10-26-21)22(31)29(23(28)32)12-14-3-5-15(24)6-4-14/h3-8,11,20-21,25-26H,9-10,12-13H2,1-2H3,(H,27,30). The summed E-state index contributed by atoms with van der Waals surface area (Å²) in [4.78, 5) is 41.9. The minimum atomic E-state index is -0.660. The second-order valence-corrected chi connectivity index (χ2v) is 8.35. The van der Waals surface area contributed by atoms with E-state index in [0.29, 0.717) is 35.3 Å². The number of halogens is 1. The summed E-state index contributed by atoms with van der Waals surface area (Å²) in [6, 6.07) is 10.7. The molecule has 2 aromatic rings. The maximum Gasteiger partial charge on any atom is 0.328 e. The molecule has 2 heterocycles. The summed E-state index contributed by atoms with van der Waals surface area (Å²) in [5.74, 6) is 0.247. The third kappa shape index (κ3) is 4.93. The van der Waals surface area contributed by atoms with Gasteiger partial charge in [-0.05, 0) is 29.8 Å². The number of amides is 4. The van der Waals surface area contributed by atoms with E-state index in [-0.39, 0.29) is 19.0 Å². The molecule has 180 valence electrons. The van der Waals surface area contributed by atoms with Gasteiger partial charge < -0.3 is 20.1 Å². The lowest BCUT2D eigenvalue weighted by Crippen LogP contribution is -2.75. The molecule has 0 spiro atoms. The Morgan fingerprint density at radius 1 is 1.06 bits per heavy atom. The van der Waals surface area contributed by atoms with Gasteiger partial charge in [-0.25, -0.2) is 4.79 Å². The summed E-state index contributed by atoms with van der Waals surface area (Å²) >= 11 is 5.95. The highest BCUT2D eigenvalue weighted by molar-refractivity contribution is 6.30. The number of urea groups is 1. The number of imide groups is 1. The minimum absolute atomic E-state index is 0.0769. The lowest BCUT2D eigenvalue weighted by molar-refractivity contribution is -0.139. The quantitative estimate of drug-likeness (QED) is 0.544. The van der Waals surface area contributed by atoms with Gasteiger partial charge in [0.1, 0.15) is 18.8 Å². The van der Waals surface area contributed by atoms with Crippen molar-refractivity contribution in [2.24, 2.45) is 0 Å². The van der Waals surface area contributed by atoms with Crippen molar-refractivity contribution >= 4 is 35.1 Å². The van der Waals surface area contributed by atoms with Crippen LogP contribution < -0.4 is 25.4 Å². The highest BCUT2D eigenvalue weighted by atomic mass is 35.5. The van der Waals surface area contributed by atoms with Crippen LogP contribution in [0.3, 0.4) is 0 Å². The van der Waals surface area contributed by atoms with Gasteiger partial charge in [0.15, 0.2) is 11.5 Å². The molecule has 2 aliphatic rings. The van der Waals surface area contributed by atoms with Crippen LogP contribution in [0.5, 0.6) is 11.5 Å². The summed E-state index contributed by atoms with van der Waals surface area (Å²) in [6.45, 7) is 0.967. The third-order valence-electron chi connectivity index (χ3n) is 5.74. The Morgan fingerprint density at radius 3 is 2.47 bits per heavy atom. The summed E-state index contributed by atoms with van der Waals surface area (Å²) in [5, 5.41) is 9.69. The van der Waals surface area contributed by atoms with Crippen molar-refractivity contribution in [2.75, 3.05) is 39.2 Å². The molecule has 3 N–H and O–H groups in total. The Bertz CT molecular complexity index is 1080. The number of rotatable bonds is 7. The van der Waals surface area contributed by atoms with Crippen molar-refractivity contribution in [1.29, 1.82) is 0 Å². The first-order valence-electron chi connectivity index (χ1n) is 10.8. The number of piperazine rings is 1. The van der Waals surface area contributed by atoms with Gasteiger partial charge in [0.25, 0.3) is 5.91 Å². The molecule has 0 radical (unpaired) electrons. The predicted octanol–water partition coefficient (Wildman–Crippen LogP) is 1.65. The van der Waals surface area contributed by atoms with Gasteiger partial charge in [-0.1, -0.05) is 23.7 Å². The highest BCUT2D eigenvalue weighted by Gasteiger charge is 2.47. The summed E-state index contributed by atoms with van der Waals surface area (Å²) < 4.78 is 10.5. The van der Waals surface area contributed by atoms with Gasteiger partial charge in [-0.2, -0.15) is 0 Å². The monoisotopic (exact) mass is 487 g/mol. The maximum atomic E-state index is 13.4. The SMILES string of the molecule is COc1ccc(NC(=O)CN2C(=O)N(Cc3ccc(Cl)cc3)C(=O)C3NCCNC32)cc1OC. The van der Waals surface area contributed by atoms with Crippen LogP contribution >= 0.6 is 11.6 Å². The first-order valence-corrected chi connectivity index (χ1v) is 11.1. The van der Waals surface area contributed by atoms with E-state index in [1.807, 2.05) is 0 Å². The normalized spacial score (nSPS) is 20.1. The first kappa shape index (κ1) is 23.8. The van der Waals surface area contributed by atoms with E-state index in [0.717, 1.165) is 10.5 Å². The fourth-order valence-corrected chi connectivity index (χ4v) is 4.21. The van der Waals surface area contributed by atoms with E-state index in [1.165, 1.54) is 19.1 Å². The number of ether oxygens (including phenoxy) is 2. The van der Waals surface area contributed by atoms with Crippen LogP contribution in [-0.4, -0.2) is 73.7 Å². The van der Waals surface area contributed by atoms with Crippen molar-refractivity contribution in [3.8, 4) is 11.5 Å². The molecule has 2 aliphatic heterocycles. The Hall–Kier alpha value is -3.34. The lowest BCUT2D eigenvalue weighted by atomic mass is 10.1. The van der Waals surface area contributed by atoms with Crippen LogP contribution in [0.25, 0.3) is 0 Å². The Kier molecular flexibility index (Phi) is 7.20. The van der Waals surface area contributed by atoms with E-state index in [4.69, 9.17) is 21.1 Å². The van der Waals surface area contributed by atoms with E-state index < -0.39 is 24.1 Å². The molecule has 2 saturated heterocycles. The van der Waals surface area contributed by atoms with Gasteiger partial charge in [-0.15, -0.1) is 0 Å². The molecule has 10 nitrogen and oxygen atoms in total. The van der Waals surface area contributed by atoms with Gasteiger partial charge >= 0.3 is 6.03 Å². The van der Waals surface area contributed by atoms with Crippen molar-refractivity contribution in [2.45, 2.75) is 18.8 Å². The molecule has 0 saturated carbocycles. The topological polar surface area (TPSA) is 112 Å². The molecule has 4 amide bonds. The zero-order valence-corrected chi connectivity index (χ0v) is 19.6. The highest BCUT2D eigenvalue weighted by Crippen LogP contribution is 2.30. The average molecular weight is 488 g/mol. The zero-order chi connectivity index (χ0) is 24.2. The molecule has 0 aliphatic carbocycles. The zero-order valence-electron chi connectivity index (χ0n) is 18.8. The molecule has 2 atom stereocenters. The molecular weight excluding hydrogens is 462 g/mol. The second kappa shape index (κ2) is 10.3. The van der Waals surface area contributed by atoms with E-state index >= 15 is 0 Å². The van der Waals surface area contributed by atoms with Gasteiger partial charge in [0.05, 0.1) is 20.8 Å². The molecule has 0 bridgehead atoms. The molecule has 2 unspecified atom stereocenters. The van der Waals surface area contributed by atoms with E-state index in [1.54, 1.807) is 42.5 Å². The Morgan fingerprint density at radius 2 is 1.76 bits per heavy atom. The Balaban J connectivity index is 1.52. The predicted molar refractivity (Wildman–Crippen MR) is 126 cm³/mol. The number of hydrogen-bond donors (Lipinski definition) is 3. The molecule has 0 aromatic heterocycles. The van der Waals surface area contributed by atoms with Gasteiger partial charge in [-0.3, -0.25) is 24.7 Å². The van der Waals surface area contributed by atoms with Crippen LogP contribution in [0.15, 0.2) is 42.5 Å². The van der Waals surface area contributed by atoms with Crippen LogP contribution in [-0.2, 0) is 16.1 Å². The lowest BCUT2D eigenvalue weighted by Gasteiger charge is -2.47. The number of nitrogens with one attached hydrogen (secondary N) is 3. The van der Waals surface area contributed by atoms with E-state index in [9.17, 15) is 14.4 Å². The minimum Gasteiger partial charge on any atom is -0.493 e. The summed E-state index contributed by atoms with van der Waals surface area (Å²) in [6.07, 6.45) is -0.633. The Labute approximate surface area is 202 Å². The maximum absolute atomic E-state index is 13.4. The fraction of sp³-hybridized carbons (Fsp3) is 0.348. The number of hydrogen-bond acceptors (Lipinski definition) is 7. The number of benzene rings is 2. The van der Waals surface area contributed by atoms with Crippen LogP contribution in [0.2, 0.25) is 5.02 Å². The van der Waals surface area contributed by atoms with Crippen LogP contribution in [0.4, 0.5) is 10.5 Å². The number of carbonyl (C=O) groups is 3. The number of methoxy groups -OCH3 is 2. The van der Waals surface area contributed by atoms with Crippen molar-refractivity contribution in [1.82, 2.24) is 20.4 Å². The van der Waals surface area contributed by atoms with Crippen molar-refractivity contribution < 1.29 is 23.9 Å². The van der Waals surface area contributed by atoms with Gasteiger partial charge in [0, 0.05) is 29.9 Å². The van der Waals surface area contributed by atoms with Gasteiger partial charge in [0.2, 0.25) is 5.91 Å². The number of nitrogens with zero attached hydrogens (tertiary/aromatic N) is 2. The molecule has 11 heteroatoms. The number of fused-ring (bicyclic) bond motifs is 1. The smallest absolute Gasteiger partial charge is 0.328 e. The average Bonchev–Trinajstić information content (AvgIpc) is 2.85. The van der Waals surface area contributed by atoms with E-state index in [2.05, 4.69) is 16.0 Å². The number of anilines is 1. The van der Waals surface area contributed by atoms with Crippen molar-refractivity contribution in [3.05, 3.63) is 53.1 Å². The third-order valence-corrected chi connectivity index (χ3v) is 5.99. The molecule has 34 heavy (non-hydrogen) atoms. The molecular formula is C23H26ClN5O5. The molecule has 2 fully saturated rings. The largest absolute Gasteiger partial charge is 0.493 e. The van der Waals surface area contributed by atoms with Crippen LogP contribution in [0.1, 0.15) is 5.56 Å². The molecule has 4 rings (SSSR count). The van der Waals surface area contributed by atoms with Crippen molar-refractivity contribution in [3.63, 3.8) is 0 Å². The first-order chi connectivity index (χ1) is 16.4. The fourth-order valence-electron chi connectivity index (χ4n) is 4.08. The van der Waals surface area contributed by atoms with Crippen LogP contribution in [0, 0.1) is 0 Å². The summed E-state index contributed by atoms with van der Waals surface area (Å²) in [7, 11) is 3.03. The number of carbonyl (C=O) groups excluding carboxylic acids is 3. The summed E-state index contributed by atoms with van der Waals surface area (Å²) in [5.41, 5.74) is 1.25. The molecule has 2 aromatic carbocycles. The second-order valence-electron chi connectivity index (χ2n) is 7.91.